The van der Waals surface area contributed by atoms with E-state index >= 15 is 0 Å². The molecule has 2 aliphatic rings. The van der Waals surface area contributed by atoms with Gasteiger partial charge in [0.15, 0.2) is 0 Å². The van der Waals surface area contributed by atoms with E-state index in [2.05, 4.69) is 5.32 Å². The van der Waals surface area contributed by atoms with Crippen LogP contribution in [0.1, 0.15) is 10.9 Å². The number of fused-ring (bicyclic) bond motifs is 2. The summed E-state index contributed by atoms with van der Waals surface area (Å²) in [5.41, 5.74) is 2.71. The Morgan fingerprint density at radius 1 is 0.857 bits per heavy atom. The minimum Gasteiger partial charge on any atom is -0.457 e. The first-order valence-corrected chi connectivity index (χ1v) is 13.8. The van der Waals surface area contributed by atoms with Gasteiger partial charge in [-0.15, -0.1) is 11.8 Å². The van der Waals surface area contributed by atoms with E-state index < -0.39 is 7.37 Å². The molecule has 0 aliphatic carbocycles. The maximum absolute atomic E-state index is 13.5. The van der Waals surface area contributed by atoms with E-state index in [1.54, 1.807) is 35.2 Å². The van der Waals surface area contributed by atoms with Crippen molar-refractivity contribution in [3.63, 3.8) is 0 Å². The maximum atomic E-state index is 13.5. The summed E-state index contributed by atoms with van der Waals surface area (Å²) < 4.78 is 19.5. The number of nitrogens with one attached hydrogen (secondary N) is 1. The zero-order valence-electron chi connectivity index (χ0n) is 18.5. The van der Waals surface area contributed by atoms with Crippen molar-refractivity contribution in [1.82, 2.24) is 0 Å². The number of thioether (sulfide) groups is 1. The second kappa shape index (κ2) is 8.61. The molecule has 0 saturated carbocycles. The minimum absolute atomic E-state index is 0.0497. The molecule has 6 nitrogen and oxygen atoms in total. The molecule has 2 aliphatic heterocycles. The summed E-state index contributed by atoms with van der Waals surface area (Å²) >= 11 is 1.52. The van der Waals surface area contributed by atoms with Crippen LogP contribution in [0, 0.1) is 0 Å². The highest BCUT2D eigenvalue weighted by molar-refractivity contribution is 8.00. The van der Waals surface area contributed by atoms with E-state index in [9.17, 15) is 14.3 Å². The van der Waals surface area contributed by atoms with Gasteiger partial charge in [0.05, 0.1) is 27.7 Å². The molecule has 35 heavy (non-hydrogen) atoms. The standard InChI is InChI=1S/C27H21N2O4PS/c30-26-17-35-27(18-7-6-10-21(15-18)33-20-8-2-1-3-9-20)29(26)19-13-14-23-25(16-19)34(31,32)24-12-5-4-11-22(24)28-23/h1-16,27-28H,17H2,(H,31,32). The molecular formula is C27H21N2O4PS. The maximum Gasteiger partial charge on any atom is 0.262 e. The van der Waals surface area contributed by atoms with E-state index in [1.807, 2.05) is 66.7 Å². The summed E-state index contributed by atoms with van der Waals surface area (Å²) in [5.74, 6) is 1.69. The monoisotopic (exact) mass is 500 g/mol. The van der Waals surface area contributed by atoms with Crippen LogP contribution in [0.4, 0.5) is 17.1 Å². The SMILES string of the molecule is O=C1CSC(c2cccc(Oc3ccccc3)c2)N1c1ccc2c(c1)P(=O)(O)c1ccccc1N2. The fraction of sp³-hybridized carbons (Fsp3) is 0.0741. The Morgan fingerprint density at radius 3 is 2.46 bits per heavy atom. The third-order valence-electron chi connectivity index (χ3n) is 6.08. The summed E-state index contributed by atoms with van der Waals surface area (Å²) in [6.45, 7) is 0. The predicted octanol–water partition coefficient (Wildman–Crippen LogP) is 5.54. The summed E-state index contributed by atoms with van der Waals surface area (Å²) in [5, 5.41) is 3.64. The second-order valence-electron chi connectivity index (χ2n) is 8.33. The average Bonchev–Trinajstić information content (AvgIpc) is 3.26. The van der Waals surface area contributed by atoms with Crippen LogP contribution < -0.4 is 25.6 Å². The third kappa shape index (κ3) is 3.92. The topological polar surface area (TPSA) is 78.9 Å². The summed E-state index contributed by atoms with van der Waals surface area (Å²) in [7, 11) is -3.82. The van der Waals surface area contributed by atoms with E-state index in [4.69, 9.17) is 4.74 Å². The van der Waals surface area contributed by atoms with Gasteiger partial charge >= 0.3 is 0 Å². The number of anilines is 3. The number of amides is 1. The van der Waals surface area contributed by atoms with Gasteiger partial charge < -0.3 is 14.9 Å². The smallest absolute Gasteiger partial charge is 0.262 e. The van der Waals surface area contributed by atoms with Gasteiger partial charge in [0, 0.05) is 5.69 Å². The van der Waals surface area contributed by atoms with Crippen LogP contribution in [0.5, 0.6) is 11.5 Å². The Kier molecular flexibility index (Phi) is 5.41. The zero-order chi connectivity index (χ0) is 24.0. The largest absolute Gasteiger partial charge is 0.457 e. The van der Waals surface area contributed by atoms with Gasteiger partial charge in [0.2, 0.25) is 5.91 Å². The summed E-state index contributed by atoms with van der Waals surface area (Å²) in [6, 6.07) is 29.5. The quantitative estimate of drug-likeness (QED) is 0.359. The van der Waals surface area contributed by atoms with Crippen molar-refractivity contribution in [2.75, 3.05) is 16.0 Å². The summed E-state index contributed by atoms with van der Waals surface area (Å²) in [6.07, 6.45) is 0. The first-order chi connectivity index (χ1) is 17.0. The fourth-order valence-electron chi connectivity index (χ4n) is 4.45. The zero-order valence-corrected chi connectivity index (χ0v) is 20.2. The second-order valence-corrected chi connectivity index (χ2v) is 11.5. The van der Waals surface area contributed by atoms with Crippen molar-refractivity contribution in [2.24, 2.45) is 0 Å². The highest BCUT2D eigenvalue weighted by Gasteiger charge is 2.38. The first-order valence-electron chi connectivity index (χ1n) is 11.1. The number of hydrogen-bond acceptors (Lipinski definition) is 5. The Hall–Kier alpha value is -3.51. The Balaban J connectivity index is 1.35. The van der Waals surface area contributed by atoms with Crippen molar-refractivity contribution in [3.8, 4) is 11.5 Å². The van der Waals surface area contributed by atoms with Crippen LogP contribution in [0.25, 0.3) is 0 Å². The Labute approximate surface area is 207 Å². The van der Waals surface area contributed by atoms with Crippen molar-refractivity contribution in [1.29, 1.82) is 0 Å². The molecule has 4 aromatic carbocycles. The molecule has 2 N–H and O–H groups in total. The van der Waals surface area contributed by atoms with E-state index in [-0.39, 0.29) is 11.3 Å². The van der Waals surface area contributed by atoms with Crippen molar-refractivity contribution >= 4 is 52.7 Å². The highest BCUT2D eigenvalue weighted by Crippen LogP contribution is 2.49. The molecule has 2 unspecified atom stereocenters. The molecule has 0 aromatic heterocycles. The first kappa shape index (κ1) is 22.0. The predicted molar refractivity (Wildman–Crippen MR) is 141 cm³/mol. The van der Waals surface area contributed by atoms with Crippen LogP contribution >= 0.6 is 19.1 Å². The van der Waals surface area contributed by atoms with Gasteiger partial charge in [0.25, 0.3) is 7.37 Å². The lowest BCUT2D eigenvalue weighted by Crippen LogP contribution is -2.31. The van der Waals surface area contributed by atoms with E-state index in [0.29, 0.717) is 39.2 Å². The number of hydrogen-bond donors (Lipinski definition) is 2. The lowest BCUT2D eigenvalue weighted by molar-refractivity contribution is -0.115. The number of para-hydroxylation sites is 2. The molecule has 6 rings (SSSR count). The van der Waals surface area contributed by atoms with Crippen LogP contribution in [-0.4, -0.2) is 16.6 Å². The molecule has 1 amide bonds. The van der Waals surface area contributed by atoms with E-state index in [1.165, 1.54) is 11.8 Å². The van der Waals surface area contributed by atoms with Gasteiger partial charge in [-0.05, 0) is 60.2 Å². The van der Waals surface area contributed by atoms with Crippen LogP contribution in [0.15, 0.2) is 97.1 Å². The average molecular weight is 501 g/mol. The molecule has 0 spiro atoms. The van der Waals surface area contributed by atoms with Gasteiger partial charge in [-0.1, -0.05) is 42.5 Å². The molecule has 4 aromatic rings. The number of carbonyl (C=O) groups is 1. The van der Waals surface area contributed by atoms with Gasteiger partial charge in [-0.3, -0.25) is 14.3 Å². The van der Waals surface area contributed by atoms with Crippen molar-refractivity contribution in [2.45, 2.75) is 5.37 Å². The number of nitrogens with zero attached hydrogens (tertiary/aromatic N) is 1. The van der Waals surface area contributed by atoms with Crippen molar-refractivity contribution in [3.05, 3.63) is 103 Å². The molecule has 2 atom stereocenters. The van der Waals surface area contributed by atoms with Crippen LogP contribution in [0.3, 0.4) is 0 Å². The Morgan fingerprint density at radius 2 is 1.60 bits per heavy atom. The van der Waals surface area contributed by atoms with Crippen molar-refractivity contribution < 1.29 is 19.0 Å². The minimum atomic E-state index is -3.82. The lowest BCUT2D eigenvalue weighted by atomic mass is 10.1. The van der Waals surface area contributed by atoms with Crippen LogP contribution in [-0.2, 0) is 9.36 Å². The number of carbonyl (C=O) groups excluding carboxylic acids is 1. The molecule has 8 heteroatoms. The number of rotatable bonds is 4. The molecular weight excluding hydrogens is 479 g/mol. The molecule has 2 heterocycles. The lowest BCUT2D eigenvalue weighted by Gasteiger charge is -2.29. The summed E-state index contributed by atoms with van der Waals surface area (Å²) in [4.78, 5) is 25.8. The highest BCUT2D eigenvalue weighted by atomic mass is 32.2. The number of ether oxygens (including phenoxy) is 1. The van der Waals surface area contributed by atoms with Gasteiger partial charge in [-0.25, -0.2) is 0 Å². The number of benzene rings is 4. The van der Waals surface area contributed by atoms with Gasteiger partial charge in [-0.2, -0.15) is 0 Å². The molecule has 174 valence electrons. The Bertz CT molecular complexity index is 1490. The normalized spacial score (nSPS) is 20.7. The van der Waals surface area contributed by atoms with Crippen LogP contribution in [0.2, 0.25) is 0 Å². The molecule has 0 bridgehead atoms. The van der Waals surface area contributed by atoms with E-state index in [0.717, 1.165) is 11.3 Å². The molecule has 1 saturated heterocycles. The van der Waals surface area contributed by atoms with Gasteiger partial charge in [0.1, 0.15) is 16.9 Å². The fourth-order valence-corrected chi connectivity index (χ4v) is 7.39. The third-order valence-corrected chi connectivity index (χ3v) is 9.35. The molecule has 1 fully saturated rings. The molecule has 0 radical (unpaired) electrons.